The summed E-state index contributed by atoms with van der Waals surface area (Å²) < 4.78 is 38.8. The number of benzene rings is 1. The molecule has 0 fully saturated rings. The molecule has 0 aliphatic rings. The highest BCUT2D eigenvalue weighted by molar-refractivity contribution is 5.79. The lowest BCUT2D eigenvalue weighted by Crippen LogP contribution is -2.14. The van der Waals surface area contributed by atoms with Crippen molar-refractivity contribution >= 4 is 11.5 Å². The third-order valence-corrected chi connectivity index (χ3v) is 2.05. The number of amidine groups is 1. The number of hydrogen-bond acceptors (Lipinski definition) is 3. The fourth-order valence-electron chi connectivity index (χ4n) is 1.24. The van der Waals surface area contributed by atoms with Crippen LogP contribution in [0.5, 0.6) is 0 Å². The number of nitrogens with two attached hydrogens (primary N) is 1. The Bertz CT molecular complexity index is 400. The summed E-state index contributed by atoms with van der Waals surface area (Å²) in [5, 5.41) is 13.5. The van der Waals surface area contributed by atoms with Crippen molar-refractivity contribution in [3.63, 3.8) is 0 Å². The molecule has 94 valence electrons. The van der Waals surface area contributed by atoms with Crippen LogP contribution in [0.25, 0.3) is 0 Å². The minimum absolute atomic E-state index is 0.0341. The lowest BCUT2D eigenvalue weighted by Gasteiger charge is -2.08. The van der Waals surface area contributed by atoms with Crippen molar-refractivity contribution < 1.29 is 18.4 Å². The van der Waals surface area contributed by atoms with E-state index in [4.69, 9.17) is 10.9 Å². The van der Waals surface area contributed by atoms with Crippen molar-refractivity contribution in [2.75, 3.05) is 11.9 Å². The highest BCUT2D eigenvalue weighted by atomic mass is 19.1. The molecule has 0 bridgehead atoms. The average Bonchev–Trinajstić information content (AvgIpc) is 2.26. The van der Waals surface area contributed by atoms with E-state index in [0.29, 0.717) is 18.6 Å². The van der Waals surface area contributed by atoms with Crippen molar-refractivity contribution in [2.24, 2.45) is 10.9 Å². The number of hydrogen-bond donors (Lipinski definition) is 3. The van der Waals surface area contributed by atoms with Gasteiger partial charge in [0.1, 0.15) is 17.3 Å². The molecule has 4 nitrogen and oxygen atoms in total. The zero-order chi connectivity index (χ0) is 12.8. The molecule has 0 saturated heterocycles. The van der Waals surface area contributed by atoms with Crippen LogP contribution in [0.2, 0.25) is 0 Å². The van der Waals surface area contributed by atoms with E-state index in [1.807, 2.05) is 0 Å². The maximum Gasteiger partial charge on any atom is 0.152 e. The van der Waals surface area contributed by atoms with Crippen LogP contribution in [0.15, 0.2) is 17.3 Å². The first-order valence-corrected chi connectivity index (χ1v) is 4.89. The summed E-state index contributed by atoms with van der Waals surface area (Å²) in [7, 11) is 0. The third-order valence-electron chi connectivity index (χ3n) is 2.05. The first-order valence-electron chi connectivity index (χ1n) is 4.89. The Balaban J connectivity index is 2.52. The predicted octanol–water partition coefficient (Wildman–Crippen LogP) is 2.04. The molecule has 0 aliphatic heterocycles. The Kier molecular flexibility index (Phi) is 4.62. The zero-order valence-electron chi connectivity index (χ0n) is 8.88. The smallest absolute Gasteiger partial charge is 0.152 e. The molecule has 0 unspecified atom stereocenters. The van der Waals surface area contributed by atoms with E-state index in [9.17, 15) is 13.2 Å². The Morgan fingerprint density at radius 3 is 2.41 bits per heavy atom. The fraction of sp³-hybridized carbons (Fsp3) is 0.300. The maximum absolute atomic E-state index is 13.1. The number of nitrogens with one attached hydrogen (secondary N) is 1. The minimum Gasteiger partial charge on any atom is -0.409 e. The Morgan fingerprint density at radius 2 is 1.88 bits per heavy atom. The van der Waals surface area contributed by atoms with Gasteiger partial charge in [0.2, 0.25) is 0 Å². The standard InChI is InChI=1S/C10H12F3N3O/c11-6-4-7(12)10(8(13)5-6)15-3-1-2-9(14)16-17/h4-5,15,17H,1-3H2,(H2,14,16). The summed E-state index contributed by atoms with van der Waals surface area (Å²) in [5.74, 6) is -2.92. The van der Waals surface area contributed by atoms with Gasteiger partial charge in [-0.2, -0.15) is 0 Å². The first kappa shape index (κ1) is 13.1. The molecule has 4 N–H and O–H groups in total. The maximum atomic E-state index is 13.1. The number of nitrogens with zero attached hydrogens (tertiary/aromatic N) is 1. The van der Waals surface area contributed by atoms with E-state index >= 15 is 0 Å². The van der Waals surface area contributed by atoms with Crippen LogP contribution in [0.3, 0.4) is 0 Å². The molecule has 0 spiro atoms. The molecule has 0 aliphatic carbocycles. The summed E-state index contributed by atoms with van der Waals surface area (Å²) in [5.41, 5.74) is 4.82. The first-order chi connectivity index (χ1) is 8.04. The molecule has 0 atom stereocenters. The molecule has 0 amide bonds. The quantitative estimate of drug-likeness (QED) is 0.245. The van der Waals surface area contributed by atoms with Crippen LogP contribution in [0.1, 0.15) is 12.8 Å². The molecule has 0 heterocycles. The largest absolute Gasteiger partial charge is 0.409 e. The average molecular weight is 247 g/mol. The molecule has 7 heteroatoms. The Morgan fingerprint density at radius 1 is 1.29 bits per heavy atom. The number of halogens is 3. The van der Waals surface area contributed by atoms with Gasteiger partial charge in [0.05, 0.1) is 0 Å². The van der Waals surface area contributed by atoms with Gasteiger partial charge in [0, 0.05) is 25.1 Å². The SMILES string of the molecule is NC(CCCNc1c(F)cc(F)cc1F)=NO. The van der Waals surface area contributed by atoms with E-state index in [2.05, 4.69) is 10.5 Å². The van der Waals surface area contributed by atoms with Gasteiger partial charge in [0.15, 0.2) is 11.6 Å². The second-order valence-electron chi connectivity index (χ2n) is 3.37. The summed E-state index contributed by atoms with van der Waals surface area (Å²) in [6.45, 7) is 0.218. The van der Waals surface area contributed by atoms with Crippen molar-refractivity contribution in [3.05, 3.63) is 29.6 Å². The lowest BCUT2D eigenvalue weighted by molar-refractivity contribution is 0.316. The Labute approximate surface area is 95.9 Å². The van der Waals surface area contributed by atoms with E-state index in [0.717, 1.165) is 0 Å². The molecule has 0 radical (unpaired) electrons. The molecular formula is C10H12F3N3O. The zero-order valence-corrected chi connectivity index (χ0v) is 8.88. The van der Waals surface area contributed by atoms with Crippen LogP contribution in [0, 0.1) is 17.5 Å². The van der Waals surface area contributed by atoms with Gasteiger partial charge in [-0.1, -0.05) is 5.16 Å². The van der Waals surface area contributed by atoms with Crippen LogP contribution >= 0.6 is 0 Å². The number of oxime groups is 1. The van der Waals surface area contributed by atoms with E-state index in [-0.39, 0.29) is 24.5 Å². The highest BCUT2D eigenvalue weighted by Gasteiger charge is 2.10. The van der Waals surface area contributed by atoms with Gasteiger partial charge in [-0.25, -0.2) is 13.2 Å². The molecule has 1 aromatic carbocycles. The second-order valence-corrected chi connectivity index (χ2v) is 3.37. The van der Waals surface area contributed by atoms with Gasteiger partial charge in [-0.3, -0.25) is 0 Å². The van der Waals surface area contributed by atoms with E-state index in [1.54, 1.807) is 0 Å². The van der Waals surface area contributed by atoms with Crippen molar-refractivity contribution in [1.29, 1.82) is 0 Å². The van der Waals surface area contributed by atoms with Crippen molar-refractivity contribution in [1.82, 2.24) is 0 Å². The highest BCUT2D eigenvalue weighted by Crippen LogP contribution is 2.19. The van der Waals surface area contributed by atoms with Gasteiger partial charge in [0.25, 0.3) is 0 Å². The summed E-state index contributed by atoms with van der Waals surface area (Å²) in [6, 6.07) is 1.18. The number of anilines is 1. The van der Waals surface area contributed by atoms with E-state index < -0.39 is 17.5 Å². The molecule has 0 saturated carbocycles. The topological polar surface area (TPSA) is 70.6 Å². The molecule has 17 heavy (non-hydrogen) atoms. The van der Waals surface area contributed by atoms with Gasteiger partial charge in [-0.15, -0.1) is 0 Å². The molecule has 1 rings (SSSR count). The molecule has 0 aromatic heterocycles. The van der Waals surface area contributed by atoms with Crippen molar-refractivity contribution in [2.45, 2.75) is 12.8 Å². The second kappa shape index (κ2) is 5.97. The molecular weight excluding hydrogens is 235 g/mol. The summed E-state index contributed by atoms with van der Waals surface area (Å²) in [4.78, 5) is 0. The predicted molar refractivity (Wildman–Crippen MR) is 57.4 cm³/mol. The Hall–Kier alpha value is -1.92. The monoisotopic (exact) mass is 247 g/mol. The third kappa shape index (κ3) is 3.86. The van der Waals surface area contributed by atoms with Gasteiger partial charge in [-0.05, 0) is 6.42 Å². The van der Waals surface area contributed by atoms with Crippen LogP contribution in [-0.2, 0) is 0 Å². The van der Waals surface area contributed by atoms with Crippen LogP contribution in [-0.4, -0.2) is 17.6 Å². The van der Waals surface area contributed by atoms with Crippen LogP contribution in [0.4, 0.5) is 18.9 Å². The lowest BCUT2D eigenvalue weighted by atomic mass is 10.2. The summed E-state index contributed by atoms with van der Waals surface area (Å²) in [6.07, 6.45) is 0.708. The van der Waals surface area contributed by atoms with Crippen molar-refractivity contribution in [3.8, 4) is 0 Å². The van der Waals surface area contributed by atoms with Crippen LogP contribution < -0.4 is 11.1 Å². The normalized spacial score (nSPS) is 11.6. The molecule has 1 aromatic rings. The van der Waals surface area contributed by atoms with Gasteiger partial charge < -0.3 is 16.3 Å². The van der Waals surface area contributed by atoms with Gasteiger partial charge >= 0.3 is 0 Å². The number of rotatable bonds is 5. The minimum atomic E-state index is -0.994. The van der Waals surface area contributed by atoms with E-state index in [1.165, 1.54) is 0 Å². The fourth-order valence-corrected chi connectivity index (χ4v) is 1.24. The summed E-state index contributed by atoms with van der Waals surface area (Å²) >= 11 is 0.